The summed E-state index contributed by atoms with van der Waals surface area (Å²) in [6.45, 7) is 2.31. The molecule has 0 spiro atoms. The van der Waals surface area contributed by atoms with Crippen LogP contribution in [0.3, 0.4) is 0 Å². The summed E-state index contributed by atoms with van der Waals surface area (Å²) in [5, 5.41) is 0. The summed E-state index contributed by atoms with van der Waals surface area (Å²) in [5.74, 6) is 0.0184. The monoisotopic (exact) mass is 259 g/mol. The number of rotatable bonds is 1. The molecule has 1 unspecified atom stereocenters. The summed E-state index contributed by atoms with van der Waals surface area (Å²) >= 11 is 0. The number of aromatic nitrogens is 2. The highest BCUT2D eigenvalue weighted by Crippen LogP contribution is 2.34. The third kappa shape index (κ3) is 1.76. The van der Waals surface area contributed by atoms with Crippen LogP contribution in [-0.2, 0) is 12.1 Å². The molecular weight excluding hydrogens is 245 g/mol. The molecular formula is C13H14FN5. The minimum atomic E-state index is -0.781. The minimum absolute atomic E-state index is 0.336. The van der Waals surface area contributed by atoms with Crippen LogP contribution in [0.25, 0.3) is 0 Å². The van der Waals surface area contributed by atoms with E-state index < -0.39 is 5.54 Å². The molecule has 2 heterocycles. The second-order valence-corrected chi connectivity index (χ2v) is 4.92. The van der Waals surface area contributed by atoms with Crippen LogP contribution in [0.1, 0.15) is 18.2 Å². The summed E-state index contributed by atoms with van der Waals surface area (Å²) in [4.78, 5) is 8.48. The number of halogens is 1. The van der Waals surface area contributed by atoms with E-state index in [4.69, 9.17) is 11.5 Å². The summed E-state index contributed by atoms with van der Waals surface area (Å²) in [5.41, 5.74) is 12.6. The molecule has 0 saturated carbocycles. The van der Waals surface area contributed by atoms with Gasteiger partial charge in [0, 0.05) is 11.3 Å². The standard InChI is InChI=1S/C13H14FN5/c1-13(9-4-8(15)2-3-10(9)14)6-19-7-17-5-11(19)12(16)18-13/h2-5,7H,6,15H2,1H3,(H2,16,18). The van der Waals surface area contributed by atoms with Gasteiger partial charge in [0.2, 0.25) is 0 Å². The first-order valence-corrected chi connectivity index (χ1v) is 5.91. The number of imidazole rings is 1. The maximum atomic E-state index is 14.0. The Balaban J connectivity index is 2.15. The number of nitrogen functional groups attached to an aromatic ring is 1. The molecule has 1 aliphatic rings. The van der Waals surface area contributed by atoms with Crippen molar-refractivity contribution in [1.29, 1.82) is 0 Å². The van der Waals surface area contributed by atoms with Gasteiger partial charge in [-0.25, -0.2) is 9.37 Å². The van der Waals surface area contributed by atoms with Crippen molar-refractivity contribution in [1.82, 2.24) is 9.55 Å². The van der Waals surface area contributed by atoms with Gasteiger partial charge in [-0.3, -0.25) is 4.99 Å². The van der Waals surface area contributed by atoms with E-state index in [0.717, 1.165) is 5.69 Å². The minimum Gasteiger partial charge on any atom is -0.399 e. The summed E-state index contributed by atoms with van der Waals surface area (Å²) < 4.78 is 15.9. The predicted molar refractivity (Wildman–Crippen MR) is 71.1 cm³/mol. The molecule has 0 aliphatic carbocycles. The first-order chi connectivity index (χ1) is 8.99. The number of hydrogen-bond donors (Lipinski definition) is 2. The van der Waals surface area contributed by atoms with Crippen LogP contribution >= 0.6 is 0 Å². The van der Waals surface area contributed by atoms with E-state index in [1.54, 1.807) is 18.6 Å². The van der Waals surface area contributed by atoms with Crippen LogP contribution in [0.15, 0.2) is 35.7 Å². The van der Waals surface area contributed by atoms with Gasteiger partial charge in [-0.2, -0.15) is 0 Å². The lowest BCUT2D eigenvalue weighted by Crippen LogP contribution is -2.37. The lowest BCUT2D eigenvalue weighted by molar-refractivity contribution is 0.384. The normalized spacial score (nSPS) is 21.9. The van der Waals surface area contributed by atoms with Crippen molar-refractivity contribution >= 4 is 11.5 Å². The molecule has 0 amide bonds. The van der Waals surface area contributed by atoms with E-state index in [2.05, 4.69) is 9.98 Å². The molecule has 1 atom stereocenters. The molecule has 1 aromatic heterocycles. The average molecular weight is 259 g/mol. The van der Waals surface area contributed by atoms with Gasteiger partial charge in [-0.15, -0.1) is 0 Å². The maximum absolute atomic E-state index is 14.0. The van der Waals surface area contributed by atoms with Crippen LogP contribution in [-0.4, -0.2) is 15.4 Å². The molecule has 19 heavy (non-hydrogen) atoms. The number of hydrogen-bond acceptors (Lipinski definition) is 4. The van der Waals surface area contributed by atoms with E-state index in [0.29, 0.717) is 23.6 Å². The van der Waals surface area contributed by atoms with E-state index in [9.17, 15) is 4.39 Å². The van der Waals surface area contributed by atoms with Gasteiger partial charge in [0.25, 0.3) is 0 Å². The number of anilines is 1. The molecule has 1 aromatic carbocycles. The molecule has 4 N–H and O–H groups in total. The van der Waals surface area contributed by atoms with Gasteiger partial charge in [0.15, 0.2) is 0 Å². The van der Waals surface area contributed by atoms with Gasteiger partial charge in [0.1, 0.15) is 22.9 Å². The van der Waals surface area contributed by atoms with E-state index in [1.165, 1.54) is 12.1 Å². The SMILES string of the molecule is CC1(c2cc(N)ccc2F)Cn2cncc2C(N)=N1. The molecule has 3 rings (SSSR count). The zero-order valence-electron chi connectivity index (χ0n) is 10.5. The Labute approximate surface area is 109 Å². The molecule has 98 valence electrons. The number of nitrogens with zero attached hydrogens (tertiary/aromatic N) is 3. The van der Waals surface area contributed by atoms with Crippen molar-refractivity contribution in [2.75, 3.05) is 5.73 Å². The second kappa shape index (κ2) is 3.81. The van der Waals surface area contributed by atoms with Crippen molar-refractivity contribution in [2.24, 2.45) is 10.7 Å². The number of aliphatic imine (C=N–C) groups is 1. The molecule has 0 fully saturated rings. The fourth-order valence-corrected chi connectivity index (χ4v) is 2.45. The highest BCUT2D eigenvalue weighted by Gasteiger charge is 2.34. The van der Waals surface area contributed by atoms with E-state index in [1.807, 2.05) is 11.5 Å². The lowest BCUT2D eigenvalue weighted by Gasteiger charge is -2.31. The van der Waals surface area contributed by atoms with Crippen LogP contribution < -0.4 is 11.5 Å². The summed E-state index contributed by atoms with van der Waals surface area (Å²) in [7, 11) is 0. The number of benzene rings is 1. The smallest absolute Gasteiger partial charge is 0.145 e. The van der Waals surface area contributed by atoms with Crippen LogP contribution in [0.4, 0.5) is 10.1 Å². The number of amidine groups is 1. The Bertz CT molecular complexity index is 675. The Morgan fingerprint density at radius 1 is 1.37 bits per heavy atom. The van der Waals surface area contributed by atoms with Gasteiger partial charge >= 0.3 is 0 Å². The Morgan fingerprint density at radius 3 is 2.95 bits per heavy atom. The molecule has 0 saturated heterocycles. The largest absolute Gasteiger partial charge is 0.399 e. The predicted octanol–water partition coefficient (Wildman–Crippen LogP) is 1.24. The molecule has 2 aromatic rings. The highest BCUT2D eigenvalue weighted by molar-refractivity contribution is 5.96. The van der Waals surface area contributed by atoms with Crippen molar-refractivity contribution in [2.45, 2.75) is 19.0 Å². The van der Waals surface area contributed by atoms with Crippen molar-refractivity contribution in [3.63, 3.8) is 0 Å². The van der Waals surface area contributed by atoms with Gasteiger partial charge in [-0.1, -0.05) is 0 Å². The Morgan fingerprint density at radius 2 is 2.16 bits per heavy atom. The molecule has 1 aliphatic heterocycles. The van der Waals surface area contributed by atoms with Gasteiger partial charge in [0.05, 0.1) is 19.1 Å². The quantitative estimate of drug-likeness (QED) is 0.756. The van der Waals surface area contributed by atoms with Crippen LogP contribution in [0.5, 0.6) is 0 Å². The third-order valence-corrected chi connectivity index (χ3v) is 3.39. The zero-order valence-corrected chi connectivity index (χ0v) is 10.5. The van der Waals surface area contributed by atoms with Gasteiger partial charge in [-0.05, 0) is 25.1 Å². The van der Waals surface area contributed by atoms with Crippen molar-refractivity contribution in [3.8, 4) is 0 Å². The topological polar surface area (TPSA) is 82.2 Å². The summed E-state index contributed by atoms with van der Waals surface area (Å²) in [6.07, 6.45) is 3.31. The second-order valence-electron chi connectivity index (χ2n) is 4.92. The summed E-state index contributed by atoms with van der Waals surface area (Å²) in [6, 6.07) is 4.49. The van der Waals surface area contributed by atoms with Crippen molar-refractivity contribution in [3.05, 3.63) is 47.8 Å². The fourth-order valence-electron chi connectivity index (χ4n) is 2.45. The van der Waals surface area contributed by atoms with Crippen LogP contribution in [0, 0.1) is 5.82 Å². The molecule has 6 heteroatoms. The molecule has 5 nitrogen and oxygen atoms in total. The number of nitrogens with two attached hydrogens (primary N) is 2. The van der Waals surface area contributed by atoms with E-state index >= 15 is 0 Å². The Kier molecular flexibility index (Phi) is 2.35. The number of fused-ring (bicyclic) bond motifs is 1. The molecule has 0 radical (unpaired) electrons. The fraction of sp³-hybridized carbons (Fsp3) is 0.231. The van der Waals surface area contributed by atoms with Gasteiger partial charge < -0.3 is 16.0 Å². The first kappa shape index (κ1) is 11.7. The maximum Gasteiger partial charge on any atom is 0.145 e. The molecule has 0 bridgehead atoms. The zero-order chi connectivity index (χ0) is 13.6. The first-order valence-electron chi connectivity index (χ1n) is 5.91. The third-order valence-electron chi connectivity index (χ3n) is 3.39. The lowest BCUT2D eigenvalue weighted by atomic mass is 9.90. The Hall–Kier alpha value is -2.37. The highest BCUT2D eigenvalue weighted by atomic mass is 19.1. The van der Waals surface area contributed by atoms with Crippen molar-refractivity contribution < 1.29 is 4.39 Å². The van der Waals surface area contributed by atoms with E-state index in [-0.39, 0.29) is 5.82 Å². The van der Waals surface area contributed by atoms with Crippen LogP contribution in [0.2, 0.25) is 0 Å². The average Bonchev–Trinajstić information content (AvgIpc) is 2.80.